The van der Waals surface area contributed by atoms with Gasteiger partial charge in [0.15, 0.2) is 5.65 Å². The minimum Gasteiger partial charge on any atom is -0.497 e. The van der Waals surface area contributed by atoms with E-state index in [4.69, 9.17) is 14.8 Å². The lowest BCUT2D eigenvalue weighted by atomic mass is 10.0. The monoisotopic (exact) mass is 398 g/mol. The second kappa shape index (κ2) is 7.17. The van der Waals surface area contributed by atoms with E-state index in [2.05, 4.69) is 62.5 Å². The van der Waals surface area contributed by atoms with Gasteiger partial charge in [-0.3, -0.25) is 0 Å². The van der Waals surface area contributed by atoms with Crippen molar-refractivity contribution in [2.75, 3.05) is 12.4 Å². The van der Waals surface area contributed by atoms with Gasteiger partial charge < -0.3 is 10.1 Å². The predicted octanol–water partition coefficient (Wildman–Crippen LogP) is 5.56. The van der Waals surface area contributed by atoms with Gasteiger partial charge in [0.05, 0.1) is 12.8 Å². The molecule has 30 heavy (non-hydrogen) atoms. The zero-order valence-electron chi connectivity index (χ0n) is 17.9. The minimum absolute atomic E-state index is 0.862. The summed E-state index contributed by atoms with van der Waals surface area (Å²) in [5, 5.41) is 8.58. The van der Waals surface area contributed by atoms with Gasteiger partial charge in [0, 0.05) is 22.5 Å². The van der Waals surface area contributed by atoms with Crippen molar-refractivity contribution in [1.29, 1.82) is 0 Å². The average molecular weight is 399 g/mol. The van der Waals surface area contributed by atoms with Crippen molar-refractivity contribution < 1.29 is 4.74 Å². The fraction of sp³-hybridized carbons (Fsp3) is 0.280. The molecule has 0 aliphatic heterocycles. The van der Waals surface area contributed by atoms with Gasteiger partial charge in [0.2, 0.25) is 0 Å². The number of benzene rings is 2. The quantitative estimate of drug-likeness (QED) is 0.489. The van der Waals surface area contributed by atoms with Crippen LogP contribution in [0.25, 0.3) is 16.8 Å². The van der Waals surface area contributed by atoms with Gasteiger partial charge in [-0.1, -0.05) is 18.2 Å². The summed E-state index contributed by atoms with van der Waals surface area (Å²) in [5.41, 5.74) is 10.1. The maximum atomic E-state index is 5.39. The second-order valence-electron chi connectivity index (χ2n) is 8.11. The molecule has 0 fully saturated rings. The number of anilines is 2. The average Bonchev–Trinajstić information content (AvgIpc) is 3.32. The number of aryl methyl sites for hydroxylation is 4. The molecule has 5 nitrogen and oxygen atoms in total. The predicted molar refractivity (Wildman–Crippen MR) is 121 cm³/mol. The lowest BCUT2D eigenvalue weighted by Gasteiger charge is -2.14. The number of rotatable bonds is 4. The normalized spacial score (nSPS) is 12.9. The van der Waals surface area contributed by atoms with Crippen molar-refractivity contribution in [3.63, 3.8) is 0 Å². The summed E-state index contributed by atoms with van der Waals surface area (Å²) in [7, 11) is 1.70. The standard InChI is InChI=1S/C25H26N4O/c1-15-7-5-8-18(13-15)26-24-21-9-6-10-22(21)27-25-23(17(3)28-29(24)25)20-12-11-19(30-4)14-16(20)2/h5,7-8,11-14,26H,6,9-10H2,1-4H3. The van der Waals surface area contributed by atoms with E-state index in [9.17, 15) is 0 Å². The molecule has 0 saturated carbocycles. The zero-order valence-corrected chi connectivity index (χ0v) is 17.9. The summed E-state index contributed by atoms with van der Waals surface area (Å²) in [5.74, 6) is 1.90. The van der Waals surface area contributed by atoms with Crippen LogP contribution in [0.1, 0.15) is 34.5 Å². The molecule has 0 unspecified atom stereocenters. The third-order valence-corrected chi connectivity index (χ3v) is 5.95. The van der Waals surface area contributed by atoms with E-state index in [1.807, 2.05) is 10.6 Å². The van der Waals surface area contributed by atoms with Gasteiger partial charge in [-0.25, -0.2) is 4.98 Å². The number of hydrogen-bond donors (Lipinski definition) is 1. The van der Waals surface area contributed by atoms with E-state index in [0.717, 1.165) is 64.5 Å². The lowest BCUT2D eigenvalue weighted by Crippen LogP contribution is -2.07. The number of methoxy groups -OCH3 is 1. The highest BCUT2D eigenvalue weighted by atomic mass is 16.5. The summed E-state index contributed by atoms with van der Waals surface area (Å²) in [6, 6.07) is 14.6. The largest absolute Gasteiger partial charge is 0.497 e. The van der Waals surface area contributed by atoms with Crippen LogP contribution in [-0.4, -0.2) is 21.7 Å². The Kier molecular flexibility index (Phi) is 4.46. The van der Waals surface area contributed by atoms with Gasteiger partial charge >= 0.3 is 0 Å². The molecule has 1 N–H and O–H groups in total. The van der Waals surface area contributed by atoms with Crippen LogP contribution in [-0.2, 0) is 12.8 Å². The van der Waals surface area contributed by atoms with Crippen molar-refractivity contribution in [2.45, 2.75) is 40.0 Å². The Morgan fingerprint density at radius 3 is 2.67 bits per heavy atom. The van der Waals surface area contributed by atoms with E-state index in [-0.39, 0.29) is 0 Å². The fourth-order valence-corrected chi connectivity index (χ4v) is 4.48. The number of hydrogen-bond acceptors (Lipinski definition) is 4. The van der Waals surface area contributed by atoms with Crippen molar-refractivity contribution in [2.24, 2.45) is 0 Å². The molecule has 152 valence electrons. The Balaban J connectivity index is 1.73. The van der Waals surface area contributed by atoms with Crippen molar-refractivity contribution in [1.82, 2.24) is 14.6 Å². The molecule has 1 aliphatic rings. The molecule has 0 bridgehead atoms. The molecular formula is C25H26N4O. The maximum Gasteiger partial charge on any atom is 0.165 e. The fourth-order valence-electron chi connectivity index (χ4n) is 4.48. The number of nitrogens with zero attached hydrogens (tertiary/aromatic N) is 3. The highest BCUT2D eigenvalue weighted by molar-refractivity contribution is 5.84. The topological polar surface area (TPSA) is 51.5 Å². The van der Waals surface area contributed by atoms with Gasteiger partial charge in [-0.05, 0) is 81.0 Å². The van der Waals surface area contributed by atoms with Crippen LogP contribution >= 0.6 is 0 Å². The third kappa shape index (κ3) is 3.02. The Labute approximate surface area is 176 Å². The minimum atomic E-state index is 0.862. The molecular weight excluding hydrogens is 372 g/mol. The highest BCUT2D eigenvalue weighted by Gasteiger charge is 2.24. The van der Waals surface area contributed by atoms with Crippen LogP contribution in [0, 0.1) is 20.8 Å². The van der Waals surface area contributed by atoms with Crippen LogP contribution in [0.15, 0.2) is 42.5 Å². The molecule has 0 atom stereocenters. The van der Waals surface area contributed by atoms with E-state index in [1.165, 1.54) is 16.8 Å². The van der Waals surface area contributed by atoms with E-state index in [1.54, 1.807) is 7.11 Å². The highest BCUT2D eigenvalue weighted by Crippen LogP contribution is 2.37. The van der Waals surface area contributed by atoms with Crippen LogP contribution in [0.3, 0.4) is 0 Å². The van der Waals surface area contributed by atoms with Gasteiger partial charge in [-0.15, -0.1) is 0 Å². The first-order valence-electron chi connectivity index (χ1n) is 10.4. The first kappa shape index (κ1) is 18.7. The van der Waals surface area contributed by atoms with Crippen molar-refractivity contribution >= 4 is 17.2 Å². The number of fused-ring (bicyclic) bond motifs is 2. The Hall–Kier alpha value is -3.34. The zero-order chi connectivity index (χ0) is 20.8. The summed E-state index contributed by atoms with van der Waals surface area (Å²) >= 11 is 0. The Bertz CT molecular complexity index is 1270. The first-order valence-corrected chi connectivity index (χ1v) is 10.4. The molecule has 2 aromatic heterocycles. The lowest BCUT2D eigenvalue weighted by molar-refractivity contribution is 0.414. The molecule has 0 amide bonds. The smallest absolute Gasteiger partial charge is 0.165 e. The van der Waals surface area contributed by atoms with Gasteiger partial charge in [0.25, 0.3) is 0 Å². The van der Waals surface area contributed by atoms with Crippen LogP contribution < -0.4 is 10.1 Å². The molecule has 0 saturated heterocycles. The molecule has 1 aliphatic carbocycles. The summed E-state index contributed by atoms with van der Waals surface area (Å²) in [6.45, 7) is 6.29. The number of nitrogens with one attached hydrogen (secondary N) is 1. The van der Waals surface area contributed by atoms with E-state index < -0.39 is 0 Å². The van der Waals surface area contributed by atoms with Crippen LogP contribution in [0.2, 0.25) is 0 Å². The summed E-state index contributed by atoms with van der Waals surface area (Å²) in [4.78, 5) is 5.09. The first-order chi connectivity index (χ1) is 14.5. The molecule has 2 aromatic carbocycles. The molecule has 4 aromatic rings. The second-order valence-corrected chi connectivity index (χ2v) is 8.11. The SMILES string of the molecule is COc1ccc(-c2c(C)nn3c(Nc4cccc(C)c4)c4c(nc23)CCC4)c(C)c1. The van der Waals surface area contributed by atoms with E-state index >= 15 is 0 Å². The summed E-state index contributed by atoms with van der Waals surface area (Å²) in [6.07, 6.45) is 3.18. The third-order valence-electron chi connectivity index (χ3n) is 5.95. The van der Waals surface area contributed by atoms with Gasteiger partial charge in [-0.2, -0.15) is 9.61 Å². The van der Waals surface area contributed by atoms with Crippen molar-refractivity contribution in [3.8, 4) is 16.9 Å². The molecule has 0 spiro atoms. The van der Waals surface area contributed by atoms with Gasteiger partial charge in [0.1, 0.15) is 11.6 Å². The van der Waals surface area contributed by atoms with E-state index in [0.29, 0.717) is 0 Å². The number of aromatic nitrogens is 3. The van der Waals surface area contributed by atoms with Crippen LogP contribution in [0.4, 0.5) is 11.5 Å². The molecule has 5 rings (SSSR count). The maximum absolute atomic E-state index is 5.39. The summed E-state index contributed by atoms with van der Waals surface area (Å²) < 4.78 is 7.40. The Morgan fingerprint density at radius 2 is 1.90 bits per heavy atom. The Morgan fingerprint density at radius 1 is 1.03 bits per heavy atom. The molecule has 0 radical (unpaired) electrons. The molecule has 5 heteroatoms. The molecule has 2 heterocycles. The van der Waals surface area contributed by atoms with Crippen molar-refractivity contribution in [3.05, 3.63) is 70.5 Å². The van der Waals surface area contributed by atoms with Crippen LogP contribution in [0.5, 0.6) is 5.75 Å². The number of ether oxygens (including phenoxy) is 1.